The molecule has 0 aliphatic heterocycles. The second kappa shape index (κ2) is 5.19. The average Bonchev–Trinajstić information content (AvgIpc) is 2.88. The van der Waals surface area contributed by atoms with Gasteiger partial charge in [0.2, 0.25) is 0 Å². The van der Waals surface area contributed by atoms with Gasteiger partial charge in [-0.1, -0.05) is 6.07 Å². The van der Waals surface area contributed by atoms with Crippen LogP contribution in [0.4, 0.5) is 5.69 Å². The van der Waals surface area contributed by atoms with Gasteiger partial charge in [-0.2, -0.15) is 5.10 Å². The van der Waals surface area contributed by atoms with Crippen molar-refractivity contribution in [2.45, 2.75) is 45.2 Å². The molecular formula is C16H21N3O. The van der Waals surface area contributed by atoms with Gasteiger partial charge in [-0.3, -0.25) is 4.68 Å². The third-order valence-corrected chi connectivity index (χ3v) is 3.92. The van der Waals surface area contributed by atoms with Gasteiger partial charge >= 0.3 is 0 Å². The van der Waals surface area contributed by atoms with Crippen LogP contribution in [0.3, 0.4) is 0 Å². The van der Waals surface area contributed by atoms with Crippen LogP contribution in [-0.2, 0) is 6.42 Å². The summed E-state index contributed by atoms with van der Waals surface area (Å²) < 4.78 is 1.95. The van der Waals surface area contributed by atoms with E-state index in [-0.39, 0.29) is 6.04 Å². The van der Waals surface area contributed by atoms with Crippen molar-refractivity contribution in [1.82, 2.24) is 9.78 Å². The molecule has 20 heavy (non-hydrogen) atoms. The molecule has 0 saturated heterocycles. The van der Waals surface area contributed by atoms with Crippen molar-refractivity contribution in [3.63, 3.8) is 0 Å². The van der Waals surface area contributed by atoms with E-state index in [9.17, 15) is 5.11 Å². The molecule has 1 aliphatic carbocycles. The van der Waals surface area contributed by atoms with E-state index in [1.54, 1.807) is 6.07 Å². The third kappa shape index (κ3) is 2.50. The Morgan fingerprint density at radius 2 is 2.25 bits per heavy atom. The zero-order chi connectivity index (χ0) is 14.1. The molecule has 0 spiro atoms. The Labute approximate surface area is 119 Å². The lowest BCUT2D eigenvalue weighted by atomic mass is 9.87. The molecule has 1 atom stereocenters. The molecule has 4 nitrogen and oxygen atoms in total. The highest BCUT2D eigenvalue weighted by atomic mass is 16.3. The Hall–Kier alpha value is -1.97. The van der Waals surface area contributed by atoms with Crippen LogP contribution in [0.15, 0.2) is 30.6 Å². The number of hydrogen-bond acceptors (Lipinski definition) is 3. The Morgan fingerprint density at radius 3 is 3.00 bits per heavy atom. The average molecular weight is 271 g/mol. The number of nitrogens with zero attached hydrogens (tertiary/aromatic N) is 2. The standard InChI is InChI=1S/C16H21N3O/c1-11(2)19-10-13(9-17-19)18-16-5-3-4-12-6-7-14(20)8-15(12)16/h6-11,16,18,20H,3-5H2,1-2H3. The maximum Gasteiger partial charge on any atom is 0.115 e. The molecule has 0 radical (unpaired) electrons. The monoisotopic (exact) mass is 271 g/mol. The van der Waals surface area contributed by atoms with Crippen LogP contribution in [0.5, 0.6) is 5.75 Å². The summed E-state index contributed by atoms with van der Waals surface area (Å²) in [4.78, 5) is 0. The number of rotatable bonds is 3. The highest BCUT2D eigenvalue weighted by Crippen LogP contribution is 2.34. The van der Waals surface area contributed by atoms with E-state index in [1.165, 1.54) is 17.5 Å². The first-order valence-corrected chi connectivity index (χ1v) is 7.26. The number of aryl methyl sites for hydroxylation is 1. The molecule has 4 heteroatoms. The zero-order valence-corrected chi connectivity index (χ0v) is 12.0. The number of phenolic OH excluding ortho intramolecular Hbond substituents is 1. The third-order valence-electron chi connectivity index (χ3n) is 3.92. The molecule has 106 valence electrons. The normalized spacial score (nSPS) is 18.1. The van der Waals surface area contributed by atoms with Gasteiger partial charge in [-0.25, -0.2) is 0 Å². The maximum atomic E-state index is 9.70. The van der Waals surface area contributed by atoms with Crippen molar-refractivity contribution < 1.29 is 5.11 Å². The summed E-state index contributed by atoms with van der Waals surface area (Å²) in [5.41, 5.74) is 3.59. The Kier molecular flexibility index (Phi) is 3.38. The van der Waals surface area contributed by atoms with E-state index in [0.717, 1.165) is 18.5 Å². The predicted octanol–water partition coefficient (Wildman–Crippen LogP) is 3.66. The van der Waals surface area contributed by atoms with E-state index < -0.39 is 0 Å². The van der Waals surface area contributed by atoms with Gasteiger partial charge < -0.3 is 10.4 Å². The Morgan fingerprint density at radius 1 is 1.40 bits per heavy atom. The lowest BCUT2D eigenvalue weighted by Gasteiger charge is -2.26. The van der Waals surface area contributed by atoms with Gasteiger partial charge in [-0.05, 0) is 56.4 Å². The number of aromatic hydroxyl groups is 1. The molecule has 1 heterocycles. The van der Waals surface area contributed by atoms with Crippen molar-refractivity contribution in [1.29, 1.82) is 0 Å². The zero-order valence-electron chi connectivity index (χ0n) is 12.0. The van der Waals surface area contributed by atoms with Crippen LogP contribution in [-0.4, -0.2) is 14.9 Å². The first kappa shape index (κ1) is 13.0. The molecule has 1 unspecified atom stereocenters. The molecule has 0 saturated carbocycles. The van der Waals surface area contributed by atoms with E-state index in [1.807, 2.05) is 29.2 Å². The highest BCUT2D eigenvalue weighted by Gasteiger charge is 2.21. The highest BCUT2D eigenvalue weighted by molar-refractivity contribution is 5.46. The van der Waals surface area contributed by atoms with Crippen LogP contribution < -0.4 is 5.32 Å². The molecule has 0 amide bonds. The number of anilines is 1. The van der Waals surface area contributed by atoms with E-state index in [4.69, 9.17) is 0 Å². The summed E-state index contributed by atoms with van der Waals surface area (Å²) in [7, 11) is 0. The minimum Gasteiger partial charge on any atom is -0.508 e. The SMILES string of the molecule is CC(C)n1cc(NC2CCCc3ccc(O)cc32)cn1. The molecular weight excluding hydrogens is 250 g/mol. The molecule has 2 aromatic rings. The van der Waals surface area contributed by atoms with Crippen molar-refractivity contribution in [3.05, 3.63) is 41.7 Å². The first-order valence-electron chi connectivity index (χ1n) is 7.26. The largest absolute Gasteiger partial charge is 0.508 e. The second-order valence-electron chi connectivity index (χ2n) is 5.78. The van der Waals surface area contributed by atoms with Crippen LogP contribution >= 0.6 is 0 Å². The quantitative estimate of drug-likeness (QED) is 0.895. The molecule has 2 N–H and O–H groups in total. The second-order valence-corrected chi connectivity index (χ2v) is 5.78. The number of nitrogens with one attached hydrogen (secondary N) is 1. The van der Waals surface area contributed by atoms with E-state index >= 15 is 0 Å². The van der Waals surface area contributed by atoms with Crippen molar-refractivity contribution in [3.8, 4) is 5.75 Å². The summed E-state index contributed by atoms with van der Waals surface area (Å²) in [6, 6.07) is 6.33. The fraction of sp³-hybridized carbons (Fsp3) is 0.438. The van der Waals surface area contributed by atoms with E-state index in [0.29, 0.717) is 11.8 Å². The van der Waals surface area contributed by atoms with Gasteiger partial charge in [0.05, 0.1) is 17.9 Å². The van der Waals surface area contributed by atoms with Gasteiger partial charge in [0.15, 0.2) is 0 Å². The first-order chi connectivity index (χ1) is 9.63. The minimum absolute atomic E-state index is 0.260. The van der Waals surface area contributed by atoms with Crippen molar-refractivity contribution >= 4 is 5.69 Å². The summed E-state index contributed by atoms with van der Waals surface area (Å²) in [6.07, 6.45) is 7.27. The molecule has 1 aromatic heterocycles. The Bertz CT molecular complexity index is 604. The molecule has 0 bridgehead atoms. The number of fused-ring (bicyclic) bond motifs is 1. The van der Waals surface area contributed by atoms with Crippen molar-refractivity contribution in [2.24, 2.45) is 0 Å². The minimum atomic E-state index is 0.260. The van der Waals surface area contributed by atoms with E-state index in [2.05, 4.69) is 24.3 Å². The van der Waals surface area contributed by atoms with Crippen LogP contribution in [0.1, 0.15) is 49.9 Å². The fourth-order valence-electron chi connectivity index (χ4n) is 2.83. The maximum absolute atomic E-state index is 9.70. The van der Waals surface area contributed by atoms with Gasteiger partial charge in [0.25, 0.3) is 0 Å². The van der Waals surface area contributed by atoms with Gasteiger partial charge in [-0.15, -0.1) is 0 Å². The molecule has 0 fully saturated rings. The molecule has 3 rings (SSSR count). The van der Waals surface area contributed by atoms with Gasteiger partial charge in [0.1, 0.15) is 5.75 Å². The summed E-state index contributed by atoms with van der Waals surface area (Å²) in [5, 5.41) is 17.6. The number of hydrogen-bond donors (Lipinski definition) is 2. The summed E-state index contributed by atoms with van der Waals surface area (Å²) in [6.45, 7) is 4.23. The fourth-order valence-corrected chi connectivity index (χ4v) is 2.83. The molecule has 1 aromatic carbocycles. The van der Waals surface area contributed by atoms with Crippen LogP contribution in [0.25, 0.3) is 0 Å². The number of phenols is 1. The topological polar surface area (TPSA) is 50.1 Å². The lowest BCUT2D eigenvalue weighted by Crippen LogP contribution is -2.17. The summed E-state index contributed by atoms with van der Waals surface area (Å²) >= 11 is 0. The lowest BCUT2D eigenvalue weighted by molar-refractivity contribution is 0.471. The number of aromatic nitrogens is 2. The molecule has 1 aliphatic rings. The van der Waals surface area contributed by atoms with Gasteiger partial charge in [0, 0.05) is 12.2 Å². The Balaban J connectivity index is 1.83. The summed E-state index contributed by atoms with van der Waals surface area (Å²) in [5.74, 6) is 0.343. The van der Waals surface area contributed by atoms with Crippen LogP contribution in [0, 0.1) is 0 Å². The smallest absolute Gasteiger partial charge is 0.115 e. The predicted molar refractivity (Wildman–Crippen MR) is 80.0 cm³/mol. The number of benzene rings is 1. The van der Waals surface area contributed by atoms with Crippen LogP contribution in [0.2, 0.25) is 0 Å². The van der Waals surface area contributed by atoms with Crippen molar-refractivity contribution in [2.75, 3.05) is 5.32 Å².